The monoisotopic (exact) mass is 134 g/mol. The van der Waals surface area contributed by atoms with E-state index in [1.807, 2.05) is 12.2 Å². The Morgan fingerprint density at radius 1 is 1.50 bits per heavy atom. The van der Waals surface area contributed by atoms with Gasteiger partial charge in [0, 0.05) is 11.9 Å². The molecule has 0 saturated carbocycles. The van der Waals surface area contributed by atoms with Crippen LogP contribution in [0.3, 0.4) is 0 Å². The van der Waals surface area contributed by atoms with Crippen molar-refractivity contribution < 1.29 is 0 Å². The Hall–Kier alpha value is -1.14. The SMILES string of the molecule is CC(C)C1=NN=C=CC=C1. The van der Waals surface area contributed by atoms with Gasteiger partial charge < -0.3 is 0 Å². The molecule has 10 heavy (non-hydrogen) atoms. The van der Waals surface area contributed by atoms with E-state index in [1.165, 1.54) is 0 Å². The number of allylic oxidation sites excluding steroid dienone is 3. The highest BCUT2D eigenvalue weighted by atomic mass is 15.2. The van der Waals surface area contributed by atoms with Crippen molar-refractivity contribution in [1.29, 1.82) is 0 Å². The third-order valence-corrected chi connectivity index (χ3v) is 1.25. The van der Waals surface area contributed by atoms with Crippen molar-refractivity contribution in [3.05, 3.63) is 18.2 Å². The highest BCUT2D eigenvalue weighted by molar-refractivity contribution is 5.97. The summed E-state index contributed by atoms with van der Waals surface area (Å²) in [5.41, 5.74) is 1.00. The molecule has 0 saturated heterocycles. The quantitative estimate of drug-likeness (QED) is 0.522. The first-order chi connectivity index (χ1) is 4.80. The zero-order valence-corrected chi connectivity index (χ0v) is 6.20. The van der Waals surface area contributed by atoms with Crippen LogP contribution in [0.15, 0.2) is 28.4 Å². The van der Waals surface area contributed by atoms with Crippen LogP contribution in [0.5, 0.6) is 0 Å². The molecular weight excluding hydrogens is 124 g/mol. The summed E-state index contributed by atoms with van der Waals surface area (Å²) in [7, 11) is 0. The molecule has 2 nitrogen and oxygen atoms in total. The Kier molecular flexibility index (Phi) is 2.19. The van der Waals surface area contributed by atoms with Crippen molar-refractivity contribution in [3.63, 3.8) is 0 Å². The molecule has 0 bridgehead atoms. The van der Waals surface area contributed by atoms with Gasteiger partial charge in [-0.25, -0.2) is 0 Å². The normalized spacial score (nSPS) is 15.7. The van der Waals surface area contributed by atoms with Gasteiger partial charge in [-0.15, -0.1) is 10.2 Å². The van der Waals surface area contributed by atoms with Crippen LogP contribution >= 0.6 is 0 Å². The van der Waals surface area contributed by atoms with Crippen LogP contribution in [-0.4, -0.2) is 11.6 Å². The molecule has 0 aromatic carbocycles. The van der Waals surface area contributed by atoms with Gasteiger partial charge in [0.05, 0.1) is 5.71 Å². The maximum absolute atomic E-state index is 3.94. The summed E-state index contributed by atoms with van der Waals surface area (Å²) in [4.78, 5) is 0. The number of nitrogens with zero attached hydrogens (tertiary/aromatic N) is 2. The second kappa shape index (κ2) is 3.14. The van der Waals surface area contributed by atoms with Crippen LogP contribution in [0.4, 0.5) is 0 Å². The van der Waals surface area contributed by atoms with E-state index >= 15 is 0 Å². The van der Waals surface area contributed by atoms with Gasteiger partial charge in [-0.3, -0.25) is 0 Å². The standard InChI is InChI=1S/C8H10N2/c1-7(2)8-5-3-4-6-9-10-8/h3-5,7H,1-2H3. The van der Waals surface area contributed by atoms with Crippen molar-refractivity contribution in [1.82, 2.24) is 0 Å². The molecule has 1 heterocycles. The van der Waals surface area contributed by atoms with Gasteiger partial charge in [0.15, 0.2) is 0 Å². The molecular formula is C8H10N2. The van der Waals surface area contributed by atoms with Gasteiger partial charge in [0.1, 0.15) is 0 Å². The fourth-order valence-electron chi connectivity index (χ4n) is 0.651. The van der Waals surface area contributed by atoms with E-state index in [-0.39, 0.29) is 0 Å². The average molecular weight is 134 g/mol. The maximum atomic E-state index is 3.94. The molecule has 0 unspecified atom stereocenters. The van der Waals surface area contributed by atoms with Crippen molar-refractivity contribution in [2.75, 3.05) is 0 Å². The Morgan fingerprint density at radius 2 is 2.30 bits per heavy atom. The lowest BCUT2D eigenvalue weighted by Gasteiger charge is -1.99. The molecule has 0 spiro atoms. The molecule has 0 amide bonds. The molecule has 0 radical (unpaired) electrons. The minimum absolute atomic E-state index is 0.438. The number of hydrogen-bond donors (Lipinski definition) is 0. The van der Waals surface area contributed by atoms with Crippen LogP contribution in [0.1, 0.15) is 13.8 Å². The molecule has 0 N–H and O–H groups in total. The van der Waals surface area contributed by atoms with Crippen LogP contribution < -0.4 is 0 Å². The second-order valence-electron chi connectivity index (χ2n) is 2.43. The summed E-state index contributed by atoms with van der Waals surface area (Å²) in [6.07, 6.45) is 5.60. The van der Waals surface area contributed by atoms with E-state index in [0.717, 1.165) is 5.71 Å². The van der Waals surface area contributed by atoms with Crippen molar-refractivity contribution in [2.45, 2.75) is 13.8 Å². The van der Waals surface area contributed by atoms with E-state index in [2.05, 4.69) is 29.9 Å². The summed E-state index contributed by atoms with van der Waals surface area (Å²) >= 11 is 0. The summed E-state index contributed by atoms with van der Waals surface area (Å²) in [5, 5.41) is 7.63. The molecule has 1 rings (SSSR count). The van der Waals surface area contributed by atoms with E-state index in [4.69, 9.17) is 0 Å². The Labute approximate surface area is 60.7 Å². The molecule has 0 atom stereocenters. The predicted molar refractivity (Wildman–Crippen MR) is 43.4 cm³/mol. The first-order valence-electron chi connectivity index (χ1n) is 3.33. The zero-order chi connectivity index (χ0) is 7.40. The fraction of sp³-hybridized carbons (Fsp3) is 0.375. The largest absolute Gasteiger partial charge is 0.147 e. The average Bonchev–Trinajstić information content (AvgIpc) is 2.12. The molecule has 0 aromatic rings. The van der Waals surface area contributed by atoms with Gasteiger partial charge in [0.25, 0.3) is 0 Å². The van der Waals surface area contributed by atoms with E-state index in [1.54, 1.807) is 6.08 Å². The van der Waals surface area contributed by atoms with Gasteiger partial charge in [-0.05, 0) is 12.0 Å². The first kappa shape index (κ1) is 6.97. The molecule has 0 fully saturated rings. The summed E-state index contributed by atoms with van der Waals surface area (Å²) < 4.78 is 0. The van der Waals surface area contributed by atoms with Crippen LogP contribution in [0.25, 0.3) is 0 Å². The Morgan fingerprint density at radius 3 is 3.00 bits per heavy atom. The third kappa shape index (κ3) is 1.67. The van der Waals surface area contributed by atoms with Gasteiger partial charge in [-0.1, -0.05) is 19.9 Å². The Balaban J connectivity index is 2.81. The van der Waals surface area contributed by atoms with Crippen molar-refractivity contribution in [2.24, 2.45) is 16.1 Å². The lowest BCUT2D eigenvalue weighted by Crippen LogP contribution is -2.02. The van der Waals surface area contributed by atoms with Crippen molar-refractivity contribution >= 4 is 11.6 Å². The summed E-state index contributed by atoms with van der Waals surface area (Å²) in [5.74, 6) is 3.10. The lowest BCUT2D eigenvalue weighted by atomic mass is 10.1. The lowest BCUT2D eigenvalue weighted by molar-refractivity contribution is 0.881. The van der Waals surface area contributed by atoms with Crippen LogP contribution in [-0.2, 0) is 0 Å². The topological polar surface area (TPSA) is 24.7 Å². The fourth-order valence-corrected chi connectivity index (χ4v) is 0.651. The smallest absolute Gasteiger partial charge is 0.0663 e. The summed E-state index contributed by atoms with van der Waals surface area (Å²) in [6, 6.07) is 0. The third-order valence-electron chi connectivity index (χ3n) is 1.25. The summed E-state index contributed by atoms with van der Waals surface area (Å²) in [6.45, 7) is 4.17. The molecule has 0 aliphatic carbocycles. The van der Waals surface area contributed by atoms with E-state index in [0.29, 0.717) is 5.92 Å². The van der Waals surface area contributed by atoms with Crippen LogP contribution in [0, 0.1) is 5.92 Å². The van der Waals surface area contributed by atoms with Crippen LogP contribution in [0.2, 0.25) is 0 Å². The number of rotatable bonds is 1. The first-order valence-corrected chi connectivity index (χ1v) is 3.33. The minimum Gasteiger partial charge on any atom is -0.147 e. The maximum Gasteiger partial charge on any atom is 0.0663 e. The molecule has 0 aromatic heterocycles. The highest BCUT2D eigenvalue weighted by Crippen LogP contribution is 2.00. The molecule has 1 aliphatic heterocycles. The minimum atomic E-state index is 0.438. The molecule has 2 heteroatoms. The zero-order valence-electron chi connectivity index (χ0n) is 6.20. The Bertz CT molecular complexity index is 228. The predicted octanol–water partition coefficient (Wildman–Crippen LogP) is 1.79. The number of hydrogen-bond acceptors (Lipinski definition) is 2. The van der Waals surface area contributed by atoms with Gasteiger partial charge in [0.2, 0.25) is 0 Å². The van der Waals surface area contributed by atoms with Crippen molar-refractivity contribution in [3.8, 4) is 0 Å². The molecule has 52 valence electrons. The van der Waals surface area contributed by atoms with E-state index < -0.39 is 0 Å². The molecule has 1 aliphatic rings. The van der Waals surface area contributed by atoms with Gasteiger partial charge in [-0.2, -0.15) is 0 Å². The highest BCUT2D eigenvalue weighted by Gasteiger charge is 1.99. The van der Waals surface area contributed by atoms with E-state index in [9.17, 15) is 0 Å². The second-order valence-corrected chi connectivity index (χ2v) is 2.43. The van der Waals surface area contributed by atoms with Gasteiger partial charge >= 0.3 is 0 Å².